The van der Waals surface area contributed by atoms with E-state index in [1.165, 1.54) is 0 Å². The number of esters is 1. The fourth-order valence-corrected chi connectivity index (χ4v) is 4.34. The van der Waals surface area contributed by atoms with Crippen LogP contribution in [0.4, 0.5) is 0 Å². The topological polar surface area (TPSA) is 89.2 Å². The lowest BCUT2D eigenvalue weighted by Crippen LogP contribution is -2.65. The predicted octanol–water partition coefficient (Wildman–Crippen LogP) is 4.03. The molecule has 3 aromatic carbocycles. The molecule has 1 saturated heterocycles. The van der Waals surface area contributed by atoms with Gasteiger partial charge in [-0.25, -0.2) is 4.79 Å². The molecule has 3 aromatic rings. The highest BCUT2D eigenvalue weighted by atomic mass is 16.6. The van der Waals surface area contributed by atoms with Crippen LogP contribution in [0.1, 0.15) is 23.6 Å². The van der Waals surface area contributed by atoms with Crippen molar-refractivity contribution >= 4 is 5.97 Å². The van der Waals surface area contributed by atoms with Gasteiger partial charge in [-0.1, -0.05) is 91.0 Å². The Hall–Kier alpha value is -3.07. The van der Waals surface area contributed by atoms with Crippen molar-refractivity contribution in [2.24, 2.45) is 5.73 Å². The summed E-state index contributed by atoms with van der Waals surface area (Å²) in [6.45, 7) is 3.23. The molecule has 1 aliphatic heterocycles. The van der Waals surface area contributed by atoms with Crippen LogP contribution in [-0.2, 0) is 48.3 Å². The van der Waals surface area contributed by atoms with Crippen LogP contribution in [0, 0.1) is 0 Å². The first-order valence-electron chi connectivity index (χ1n) is 12.7. The molecule has 196 valence electrons. The van der Waals surface area contributed by atoms with Gasteiger partial charge in [-0.15, -0.1) is 0 Å². The first-order chi connectivity index (χ1) is 18.2. The Labute approximate surface area is 218 Å². The Morgan fingerprint density at radius 2 is 1.24 bits per heavy atom. The zero-order valence-corrected chi connectivity index (χ0v) is 21.1. The maximum absolute atomic E-state index is 12.8. The molecule has 0 spiro atoms. The molecule has 1 aliphatic rings. The van der Waals surface area contributed by atoms with E-state index in [9.17, 15) is 4.79 Å². The molecule has 1 fully saturated rings. The number of hydrogen-bond donors (Lipinski definition) is 1. The van der Waals surface area contributed by atoms with Gasteiger partial charge in [0.1, 0.15) is 18.3 Å². The van der Waals surface area contributed by atoms with Crippen molar-refractivity contribution in [2.45, 2.75) is 57.2 Å². The predicted molar refractivity (Wildman–Crippen MR) is 139 cm³/mol. The van der Waals surface area contributed by atoms with Crippen LogP contribution in [0.2, 0.25) is 0 Å². The van der Waals surface area contributed by atoms with E-state index in [0.717, 1.165) is 16.7 Å². The minimum absolute atomic E-state index is 0.197. The lowest BCUT2D eigenvalue weighted by atomic mass is 9.92. The summed E-state index contributed by atoms with van der Waals surface area (Å²) in [6.07, 6.45) is -2.79. The zero-order valence-electron chi connectivity index (χ0n) is 21.1. The summed E-state index contributed by atoms with van der Waals surface area (Å²) in [5, 5.41) is 0. The van der Waals surface area contributed by atoms with Gasteiger partial charge in [0.05, 0.1) is 39.1 Å². The standard InChI is InChI=1S/C30H35NO6/c1-2-34-30(32)29-26(31)28(36-20-24-16-10-5-11-17-24)27(35-19-23-14-8-4-9-15-23)25(37-29)21-33-18-22-12-6-3-7-13-22/h3-17,25-29H,2,18-21,31H2,1H3/t25-,26?,27-,28-,29-/m1/s1. The lowest BCUT2D eigenvalue weighted by molar-refractivity contribution is -0.233. The monoisotopic (exact) mass is 505 g/mol. The third-order valence-corrected chi connectivity index (χ3v) is 6.22. The van der Waals surface area contributed by atoms with Gasteiger partial charge in [-0.2, -0.15) is 0 Å². The Bertz CT molecular complexity index is 1070. The highest BCUT2D eigenvalue weighted by Crippen LogP contribution is 2.28. The van der Waals surface area contributed by atoms with E-state index in [2.05, 4.69) is 0 Å². The summed E-state index contributed by atoms with van der Waals surface area (Å²) in [4.78, 5) is 12.8. The average Bonchev–Trinajstić information content (AvgIpc) is 2.94. The van der Waals surface area contributed by atoms with Gasteiger partial charge >= 0.3 is 5.97 Å². The van der Waals surface area contributed by atoms with E-state index in [0.29, 0.717) is 19.8 Å². The Balaban J connectivity index is 1.54. The molecule has 5 atom stereocenters. The van der Waals surface area contributed by atoms with Crippen LogP contribution in [0.3, 0.4) is 0 Å². The van der Waals surface area contributed by atoms with Gasteiger partial charge in [0.15, 0.2) is 6.10 Å². The second kappa shape index (κ2) is 14.0. The quantitative estimate of drug-likeness (QED) is 0.372. The molecule has 1 unspecified atom stereocenters. The van der Waals surface area contributed by atoms with E-state index < -0.39 is 36.4 Å². The van der Waals surface area contributed by atoms with Crippen molar-refractivity contribution in [1.29, 1.82) is 0 Å². The van der Waals surface area contributed by atoms with Gasteiger partial charge in [0.2, 0.25) is 0 Å². The van der Waals surface area contributed by atoms with Crippen LogP contribution in [0.15, 0.2) is 91.0 Å². The van der Waals surface area contributed by atoms with Crippen molar-refractivity contribution in [3.05, 3.63) is 108 Å². The summed E-state index contributed by atoms with van der Waals surface area (Å²) in [5.74, 6) is -0.516. The number of benzene rings is 3. The summed E-state index contributed by atoms with van der Waals surface area (Å²) < 4.78 is 30.2. The fourth-order valence-electron chi connectivity index (χ4n) is 4.34. The second-order valence-corrected chi connectivity index (χ2v) is 8.95. The molecule has 0 radical (unpaired) electrons. The van der Waals surface area contributed by atoms with Crippen molar-refractivity contribution < 1.29 is 28.5 Å². The summed E-state index contributed by atoms with van der Waals surface area (Å²) >= 11 is 0. The van der Waals surface area contributed by atoms with Gasteiger partial charge in [0.25, 0.3) is 0 Å². The minimum Gasteiger partial charge on any atom is -0.464 e. The van der Waals surface area contributed by atoms with Crippen LogP contribution in [-0.4, -0.2) is 49.6 Å². The summed E-state index contributed by atoms with van der Waals surface area (Å²) in [5.41, 5.74) is 9.63. The van der Waals surface area contributed by atoms with E-state index >= 15 is 0 Å². The first-order valence-corrected chi connectivity index (χ1v) is 12.7. The molecule has 37 heavy (non-hydrogen) atoms. The molecule has 1 heterocycles. The number of carbonyl (C=O) groups is 1. The van der Waals surface area contributed by atoms with Crippen LogP contribution >= 0.6 is 0 Å². The van der Waals surface area contributed by atoms with E-state index in [4.69, 9.17) is 29.4 Å². The molecular weight excluding hydrogens is 470 g/mol. The van der Waals surface area contributed by atoms with Crippen molar-refractivity contribution in [3.8, 4) is 0 Å². The molecule has 2 N–H and O–H groups in total. The largest absolute Gasteiger partial charge is 0.464 e. The fraction of sp³-hybridized carbons (Fsp3) is 0.367. The molecular formula is C30H35NO6. The highest BCUT2D eigenvalue weighted by Gasteiger charge is 2.49. The number of rotatable bonds is 12. The van der Waals surface area contributed by atoms with Gasteiger partial charge < -0.3 is 29.4 Å². The molecule has 7 heteroatoms. The SMILES string of the molecule is CCOC(=O)[C@@H]1O[C@H](COCc2ccccc2)[C@@H](OCc2ccccc2)[C@H](OCc2ccccc2)C1N. The lowest BCUT2D eigenvalue weighted by Gasteiger charge is -2.44. The molecule has 0 aliphatic carbocycles. The maximum Gasteiger partial charge on any atom is 0.337 e. The summed E-state index contributed by atoms with van der Waals surface area (Å²) in [6, 6.07) is 28.8. The normalized spacial score (nSPS) is 23.5. The number of carbonyl (C=O) groups excluding carboxylic acids is 1. The minimum atomic E-state index is -0.998. The first kappa shape index (κ1) is 27.0. The number of hydrogen-bond acceptors (Lipinski definition) is 7. The number of ether oxygens (including phenoxy) is 5. The molecule has 0 aromatic heterocycles. The molecule has 4 rings (SSSR count). The number of nitrogens with two attached hydrogens (primary N) is 1. The van der Waals surface area contributed by atoms with Crippen molar-refractivity contribution in [1.82, 2.24) is 0 Å². The third-order valence-electron chi connectivity index (χ3n) is 6.22. The van der Waals surface area contributed by atoms with Gasteiger partial charge in [-0.05, 0) is 23.6 Å². The highest BCUT2D eigenvalue weighted by molar-refractivity contribution is 5.76. The average molecular weight is 506 g/mol. The zero-order chi connectivity index (χ0) is 25.9. The summed E-state index contributed by atoms with van der Waals surface area (Å²) in [7, 11) is 0. The van der Waals surface area contributed by atoms with Gasteiger partial charge in [0, 0.05) is 0 Å². The van der Waals surface area contributed by atoms with E-state index in [1.807, 2.05) is 91.0 Å². The Morgan fingerprint density at radius 1 is 0.757 bits per heavy atom. The van der Waals surface area contributed by atoms with E-state index in [-0.39, 0.29) is 13.2 Å². The van der Waals surface area contributed by atoms with Crippen molar-refractivity contribution in [2.75, 3.05) is 13.2 Å². The van der Waals surface area contributed by atoms with Crippen LogP contribution in [0.5, 0.6) is 0 Å². The Kier molecular flexibility index (Phi) is 10.2. The smallest absolute Gasteiger partial charge is 0.337 e. The molecule has 7 nitrogen and oxygen atoms in total. The van der Waals surface area contributed by atoms with Crippen LogP contribution < -0.4 is 5.73 Å². The second-order valence-electron chi connectivity index (χ2n) is 8.95. The van der Waals surface area contributed by atoms with Gasteiger partial charge in [-0.3, -0.25) is 0 Å². The Morgan fingerprint density at radius 3 is 1.76 bits per heavy atom. The maximum atomic E-state index is 12.8. The molecule has 0 saturated carbocycles. The molecule has 0 bridgehead atoms. The van der Waals surface area contributed by atoms with Crippen LogP contribution in [0.25, 0.3) is 0 Å². The third kappa shape index (κ3) is 7.71. The molecule has 0 amide bonds. The van der Waals surface area contributed by atoms with E-state index in [1.54, 1.807) is 6.92 Å². The van der Waals surface area contributed by atoms with Crippen molar-refractivity contribution in [3.63, 3.8) is 0 Å².